The summed E-state index contributed by atoms with van der Waals surface area (Å²) < 4.78 is 1.47. The van der Waals surface area contributed by atoms with E-state index in [0.717, 1.165) is 5.56 Å². The monoisotopic (exact) mass is 333 g/mol. The number of nitrogens with zero attached hydrogens (tertiary/aromatic N) is 4. The van der Waals surface area contributed by atoms with Crippen molar-refractivity contribution in [2.24, 2.45) is 0 Å². The van der Waals surface area contributed by atoms with Crippen LogP contribution in [0.25, 0.3) is 5.69 Å². The summed E-state index contributed by atoms with van der Waals surface area (Å²) in [7, 11) is 0. The molecule has 2 aromatic heterocycles. The van der Waals surface area contributed by atoms with E-state index in [1.807, 2.05) is 23.8 Å². The Bertz CT molecular complexity index is 773. The Balaban J connectivity index is 1.78. The van der Waals surface area contributed by atoms with Crippen molar-refractivity contribution >= 4 is 28.8 Å². The van der Waals surface area contributed by atoms with E-state index in [1.165, 1.54) is 11.0 Å². The molecule has 112 valence electrons. The summed E-state index contributed by atoms with van der Waals surface area (Å²) >= 11 is 7.80. The third kappa shape index (κ3) is 3.00. The summed E-state index contributed by atoms with van der Waals surface area (Å²) in [5.41, 5.74) is 2.18. The van der Waals surface area contributed by atoms with Gasteiger partial charge in [0.15, 0.2) is 0 Å². The molecule has 0 aliphatic carbocycles. The molecule has 0 spiro atoms. The van der Waals surface area contributed by atoms with E-state index in [1.54, 1.807) is 29.5 Å². The molecule has 0 fully saturated rings. The van der Waals surface area contributed by atoms with Crippen LogP contribution in [0.15, 0.2) is 41.4 Å². The molecule has 0 saturated heterocycles. The number of hydrogen-bond acceptors (Lipinski definition) is 5. The fraction of sp³-hybridized carbons (Fsp3) is 0.143. The quantitative estimate of drug-likeness (QED) is 0.796. The second-order valence-corrected chi connectivity index (χ2v) is 5.86. The van der Waals surface area contributed by atoms with Crippen LogP contribution in [0, 0.1) is 0 Å². The predicted molar refractivity (Wildman–Crippen MR) is 84.4 cm³/mol. The molecule has 22 heavy (non-hydrogen) atoms. The molecule has 0 radical (unpaired) electrons. The molecule has 3 aromatic rings. The number of carbonyl (C=O) groups is 1. The Morgan fingerprint density at radius 3 is 2.91 bits per heavy atom. The van der Waals surface area contributed by atoms with Gasteiger partial charge in [-0.1, -0.05) is 11.6 Å². The molecule has 1 aromatic carbocycles. The van der Waals surface area contributed by atoms with Gasteiger partial charge in [0.1, 0.15) is 6.33 Å². The molecule has 1 atom stereocenters. The number of benzene rings is 1. The maximum atomic E-state index is 12.3. The summed E-state index contributed by atoms with van der Waals surface area (Å²) in [4.78, 5) is 12.3. The number of carbonyl (C=O) groups excluding carboxylic acids is 1. The van der Waals surface area contributed by atoms with E-state index in [0.29, 0.717) is 16.3 Å². The van der Waals surface area contributed by atoms with Crippen LogP contribution < -0.4 is 5.32 Å². The molecule has 1 amide bonds. The Hall–Kier alpha value is -2.25. The summed E-state index contributed by atoms with van der Waals surface area (Å²) in [5, 5.41) is 18.2. The highest BCUT2D eigenvalue weighted by Crippen LogP contribution is 2.21. The molecule has 6 nitrogen and oxygen atoms in total. The van der Waals surface area contributed by atoms with Gasteiger partial charge < -0.3 is 5.32 Å². The maximum absolute atomic E-state index is 12.3. The minimum atomic E-state index is -0.216. The third-order valence-electron chi connectivity index (χ3n) is 3.20. The number of thiophene rings is 1. The molecule has 8 heteroatoms. The topological polar surface area (TPSA) is 72.7 Å². The van der Waals surface area contributed by atoms with Crippen LogP contribution in [-0.4, -0.2) is 26.1 Å². The van der Waals surface area contributed by atoms with Gasteiger partial charge in [0.2, 0.25) is 0 Å². The number of tetrazole rings is 1. The SMILES string of the molecule is CC(NC(=O)c1ccc(-n2cnnn2)cc1Cl)c1ccsc1. The van der Waals surface area contributed by atoms with Crippen molar-refractivity contribution in [2.75, 3.05) is 0 Å². The van der Waals surface area contributed by atoms with E-state index in [2.05, 4.69) is 20.8 Å². The zero-order chi connectivity index (χ0) is 15.5. The Morgan fingerprint density at radius 2 is 2.27 bits per heavy atom. The molecule has 1 unspecified atom stereocenters. The second-order valence-electron chi connectivity index (χ2n) is 4.67. The first-order chi connectivity index (χ1) is 10.6. The van der Waals surface area contributed by atoms with Gasteiger partial charge in [-0.3, -0.25) is 4.79 Å². The van der Waals surface area contributed by atoms with E-state index in [4.69, 9.17) is 11.6 Å². The molecule has 1 N–H and O–H groups in total. The van der Waals surface area contributed by atoms with Crippen molar-refractivity contribution in [1.82, 2.24) is 25.5 Å². The zero-order valence-corrected chi connectivity index (χ0v) is 13.2. The highest BCUT2D eigenvalue weighted by molar-refractivity contribution is 7.07. The van der Waals surface area contributed by atoms with Crippen molar-refractivity contribution in [2.45, 2.75) is 13.0 Å². The minimum absolute atomic E-state index is 0.0750. The fourth-order valence-corrected chi connectivity index (χ4v) is 3.00. The molecular formula is C14H12ClN5OS. The van der Waals surface area contributed by atoms with Gasteiger partial charge in [0.25, 0.3) is 5.91 Å². The predicted octanol–water partition coefficient (Wildman–Crippen LogP) is 2.87. The Morgan fingerprint density at radius 1 is 1.41 bits per heavy atom. The van der Waals surface area contributed by atoms with Crippen molar-refractivity contribution in [1.29, 1.82) is 0 Å². The first kappa shape index (κ1) is 14.7. The van der Waals surface area contributed by atoms with Gasteiger partial charge in [-0.25, -0.2) is 4.68 Å². The highest BCUT2D eigenvalue weighted by Gasteiger charge is 2.15. The van der Waals surface area contributed by atoms with Crippen molar-refractivity contribution in [3.63, 3.8) is 0 Å². The largest absolute Gasteiger partial charge is 0.345 e. The van der Waals surface area contributed by atoms with Crippen LogP contribution >= 0.6 is 22.9 Å². The van der Waals surface area contributed by atoms with E-state index >= 15 is 0 Å². The first-order valence-electron chi connectivity index (χ1n) is 6.51. The van der Waals surface area contributed by atoms with Gasteiger partial charge in [-0.2, -0.15) is 11.3 Å². The fourth-order valence-electron chi connectivity index (χ4n) is 1.99. The third-order valence-corrected chi connectivity index (χ3v) is 4.22. The number of rotatable bonds is 4. The van der Waals surface area contributed by atoms with Gasteiger partial charge in [-0.15, -0.1) is 5.10 Å². The molecule has 0 saturated carbocycles. The first-order valence-corrected chi connectivity index (χ1v) is 7.83. The summed E-state index contributed by atoms with van der Waals surface area (Å²) in [6, 6.07) is 6.97. The van der Waals surface area contributed by atoms with Gasteiger partial charge in [0, 0.05) is 0 Å². The molecule has 2 heterocycles. The molecule has 0 aliphatic heterocycles. The summed E-state index contributed by atoms with van der Waals surface area (Å²) in [6.07, 6.45) is 1.46. The number of hydrogen-bond donors (Lipinski definition) is 1. The number of halogens is 1. The van der Waals surface area contributed by atoms with Gasteiger partial charge in [-0.05, 0) is 57.9 Å². The molecule has 3 rings (SSSR count). The van der Waals surface area contributed by atoms with Crippen LogP contribution in [0.4, 0.5) is 0 Å². The number of nitrogens with one attached hydrogen (secondary N) is 1. The lowest BCUT2D eigenvalue weighted by Gasteiger charge is -2.13. The average molecular weight is 334 g/mol. The molecule has 0 aliphatic rings. The smallest absolute Gasteiger partial charge is 0.253 e. The normalized spacial score (nSPS) is 12.1. The summed E-state index contributed by atoms with van der Waals surface area (Å²) in [6.45, 7) is 1.93. The van der Waals surface area contributed by atoms with E-state index in [9.17, 15) is 4.79 Å². The van der Waals surface area contributed by atoms with Crippen LogP contribution in [0.5, 0.6) is 0 Å². The standard InChI is InChI=1S/C14H12ClN5OS/c1-9(10-4-5-22-7-10)17-14(21)12-3-2-11(6-13(12)15)20-8-16-18-19-20/h2-9H,1H3,(H,17,21). The van der Waals surface area contributed by atoms with E-state index in [-0.39, 0.29) is 11.9 Å². The maximum Gasteiger partial charge on any atom is 0.253 e. The lowest BCUT2D eigenvalue weighted by Crippen LogP contribution is -2.26. The zero-order valence-electron chi connectivity index (χ0n) is 11.6. The lowest BCUT2D eigenvalue weighted by atomic mass is 10.1. The van der Waals surface area contributed by atoms with Crippen molar-refractivity contribution in [3.8, 4) is 5.69 Å². The number of aromatic nitrogens is 4. The second kappa shape index (κ2) is 6.25. The van der Waals surface area contributed by atoms with Crippen molar-refractivity contribution in [3.05, 3.63) is 57.5 Å². The number of amides is 1. The van der Waals surface area contributed by atoms with E-state index < -0.39 is 0 Å². The van der Waals surface area contributed by atoms with Crippen LogP contribution in [0.1, 0.15) is 28.9 Å². The van der Waals surface area contributed by atoms with Crippen LogP contribution in [-0.2, 0) is 0 Å². The average Bonchev–Trinajstić information content (AvgIpc) is 3.20. The Labute approximate surface area is 135 Å². The van der Waals surface area contributed by atoms with Crippen LogP contribution in [0.2, 0.25) is 5.02 Å². The van der Waals surface area contributed by atoms with Gasteiger partial charge >= 0.3 is 0 Å². The minimum Gasteiger partial charge on any atom is -0.345 e. The van der Waals surface area contributed by atoms with Crippen LogP contribution in [0.3, 0.4) is 0 Å². The highest BCUT2D eigenvalue weighted by atomic mass is 35.5. The lowest BCUT2D eigenvalue weighted by molar-refractivity contribution is 0.0940. The Kier molecular flexibility index (Phi) is 4.17. The van der Waals surface area contributed by atoms with Crippen molar-refractivity contribution < 1.29 is 4.79 Å². The summed E-state index contributed by atoms with van der Waals surface area (Å²) in [5.74, 6) is -0.216. The molecule has 0 bridgehead atoms. The van der Waals surface area contributed by atoms with Gasteiger partial charge in [0.05, 0.1) is 22.3 Å². The molecular weight excluding hydrogens is 322 g/mol.